The second kappa shape index (κ2) is 12.7. The van der Waals surface area contributed by atoms with Crippen molar-refractivity contribution in [2.75, 3.05) is 45.8 Å². The number of fused-ring (bicyclic) bond motifs is 1. The van der Waals surface area contributed by atoms with E-state index in [1.807, 2.05) is 0 Å². The van der Waals surface area contributed by atoms with Gasteiger partial charge in [0.15, 0.2) is 0 Å². The fourth-order valence-corrected chi connectivity index (χ4v) is 3.98. The molecule has 3 rings (SSSR count). The molecular weight excluding hydrogens is 404 g/mol. The second-order valence-corrected chi connectivity index (χ2v) is 7.88. The topological polar surface area (TPSA) is 86.3 Å². The zero-order valence-corrected chi connectivity index (χ0v) is 18.3. The first-order valence-corrected chi connectivity index (χ1v) is 10.9. The van der Waals surface area contributed by atoms with Crippen molar-refractivity contribution in [1.82, 2.24) is 15.1 Å². The third-order valence-corrected chi connectivity index (χ3v) is 5.69. The van der Waals surface area contributed by atoms with Gasteiger partial charge in [0.25, 0.3) is 11.8 Å². The number of carbonyl (C=O) groups is 3. The van der Waals surface area contributed by atoms with Crippen LogP contribution in [0, 0.1) is 0 Å². The molecule has 0 saturated carbocycles. The number of imide groups is 1. The van der Waals surface area contributed by atoms with Gasteiger partial charge >= 0.3 is 0 Å². The first kappa shape index (κ1) is 24.3. The zero-order chi connectivity index (χ0) is 20.5. The van der Waals surface area contributed by atoms with Gasteiger partial charge in [-0.3, -0.25) is 24.2 Å². The molecule has 2 heterocycles. The van der Waals surface area contributed by atoms with Crippen molar-refractivity contribution in [2.24, 2.45) is 0 Å². The molecule has 3 N–H and O–H groups in total. The van der Waals surface area contributed by atoms with Crippen molar-refractivity contribution in [2.45, 2.75) is 38.5 Å². The highest BCUT2D eigenvalue weighted by Crippen LogP contribution is 2.22. The number of quaternary nitrogens is 1. The lowest BCUT2D eigenvalue weighted by molar-refractivity contribution is -0.663. The van der Waals surface area contributed by atoms with E-state index in [-0.39, 0.29) is 30.1 Å². The molecule has 0 spiro atoms. The minimum atomic E-state index is -0.203. The van der Waals surface area contributed by atoms with Crippen molar-refractivity contribution in [3.63, 3.8) is 0 Å². The molecule has 1 aromatic rings. The lowest BCUT2D eigenvalue weighted by atomic mass is 10.1. The molecular formula is C22H33ClN4O3. The molecule has 2 aliphatic rings. The van der Waals surface area contributed by atoms with E-state index in [1.165, 1.54) is 31.1 Å². The summed E-state index contributed by atoms with van der Waals surface area (Å²) in [6, 6.07) is 6.95. The van der Waals surface area contributed by atoms with Crippen LogP contribution in [-0.4, -0.2) is 73.3 Å². The smallest absolute Gasteiger partial charge is 0.261 e. The second-order valence-electron chi connectivity index (χ2n) is 7.88. The number of hydrogen-bond donors (Lipinski definition) is 2. The monoisotopic (exact) mass is 436 g/mol. The standard InChI is InChI=1S/C22H32N4O3.ClH/c27-20(24-11-5-7-14-25-16-12-23-13-17-25)10-2-1-6-15-26-21(28)18-8-3-4-9-19(18)22(26)29;/h3-4,8-9,23H,1-2,5-7,10-17H2,(H,24,27);1H. The largest absolute Gasteiger partial charge is 1.00 e. The average molecular weight is 437 g/mol. The van der Waals surface area contributed by atoms with Crippen LogP contribution >= 0.6 is 0 Å². The highest BCUT2D eigenvalue weighted by atomic mass is 35.5. The van der Waals surface area contributed by atoms with Crippen LogP contribution in [0.4, 0.5) is 0 Å². The maximum absolute atomic E-state index is 12.3. The summed E-state index contributed by atoms with van der Waals surface area (Å²) in [5.74, 6) is -0.310. The van der Waals surface area contributed by atoms with E-state index in [2.05, 4.69) is 15.5 Å². The number of nitrogens with zero attached hydrogens (tertiary/aromatic N) is 2. The van der Waals surface area contributed by atoms with E-state index in [0.717, 1.165) is 45.2 Å². The molecule has 0 unspecified atom stereocenters. The number of carbonyl (C=O) groups excluding carboxylic acids is 3. The van der Waals surface area contributed by atoms with E-state index in [4.69, 9.17) is 0 Å². The molecule has 8 heteroatoms. The van der Waals surface area contributed by atoms with Crippen LogP contribution in [-0.2, 0) is 4.79 Å². The lowest BCUT2D eigenvalue weighted by Gasteiger charge is -2.24. The molecule has 0 aromatic heterocycles. The predicted octanol–water partition coefficient (Wildman–Crippen LogP) is -2.38. The lowest BCUT2D eigenvalue weighted by Crippen LogP contribution is -3.00. The summed E-state index contributed by atoms with van der Waals surface area (Å²) < 4.78 is 0. The number of benzene rings is 1. The van der Waals surface area contributed by atoms with Gasteiger partial charge < -0.3 is 23.0 Å². The predicted molar refractivity (Wildman–Crippen MR) is 111 cm³/mol. The number of nitrogens with one attached hydrogen (secondary N) is 1. The Bertz CT molecular complexity index is 687. The number of halogens is 1. The van der Waals surface area contributed by atoms with Gasteiger partial charge in [0.2, 0.25) is 5.91 Å². The van der Waals surface area contributed by atoms with Crippen molar-refractivity contribution < 1.29 is 32.1 Å². The van der Waals surface area contributed by atoms with Gasteiger partial charge in [0.05, 0.1) is 24.2 Å². The van der Waals surface area contributed by atoms with E-state index < -0.39 is 0 Å². The first-order valence-electron chi connectivity index (χ1n) is 10.9. The SMILES string of the molecule is O=C(CCCCCN1C(=O)c2ccccc2C1=O)NCCCCN1CC[NH2+]CC1.[Cl-]. The normalized spacial score (nSPS) is 16.3. The van der Waals surface area contributed by atoms with Crippen LogP contribution in [0.1, 0.15) is 59.2 Å². The quantitative estimate of drug-likeness (QED) is 0.300. The Morgan fingerprint density at radius 2 is 1.53 bits per heavy atom. The fraction of sp³-hybridized carbons (Fsp3) is 0.591. The fourth-order valence-electron chi connectivity index (χ4n) is 3.98. The zero-order valence-electron chi connectivity index (χ0n) is 17.6. The summed E-state index contributed by atoms with van der Waals surface area (Å²) in [4.78, 5) is 40.3. The molecule has 1 saturated heterocycles. The van der Waals surface area contributed by atoms with E-state index >= 15 is 0 Å². The van der Waals surface area contributed by atoms with E-state index in [9.17, 15) is 14.4 Å². The molecule has 1 fully saturated rings. The Morgan fingerprint density at radius 1 is 0.900 bits per heavy atom. The summed E-state index contributed by atoms with van der Waals surface area (Å²) in [5.41, 5.74) is 0.992. The van der Waals surface area contributed by atoms with Crippen LogP contribution < -0.4 is 23.0 Å². The number of piperazine rings is 1. The average Bonchev–Trinajstić information content (AvgIpc) is 2.99. The number of hydrogen-bond acceptors (Lipinski definition) is 4. The van der Waals surface area contributed by atoms with Crippen LogP contribution in [0.2, 0.25) is 0 Å². The Balaban J connectivity index is 0.00000320. The van der Waals surface area contributed by atoms with Gasteiger partial charge in [-0.15, -0.1) is 0 Å². The van der Waals surface area contributed by atoms with E-state index in [0.29, 0.717) is 24.1 Å². The Kier molecular flexibility index (Phi) is 10.3. The molecule has 0 aliphatic carbocycles. The summed E-state index contributed by atoms with van der Waals surface area (Å²) in [6.07, 6.45) is 4.98. The first-order chi connectivity index (χ1) is 14.2. The Hall–Kier alpha value is -1.96. The summed E-state index contributed by atoms with van der Waals surface area (Å²) >= 11 is 0. The van der Waals surface area contributed by atoms with Gasteiger partial charge in [-0.05, 0) is 44.4 Å². The van der Waals surface area contributed by atoms with Crippen molar-refractivity contribution >= 4 is 17.7 Å². The maximum atomic E-state index is 12.3. The molecule has 0 radical (unpaired) electrons. The minimum Gasteiger partial charge on any atom is -1.00 e. The van der Waals surface area contributed by atoms with Gasteiger partial charge in [0, 0.05) is 32.6 Å². The summed E-state index contributed by atoms with van der Waals surface area (Å²) in [6.45, 7) is 7.03. The van der Waals surface area contributed by atoms with Gasteiger partial charge in [-0.25, -0.2) is 0 Å². The van der Waals surface area contributed by atoms with Crippen molar-refractivity contribution in [1.29, 1.82) is 0 Å². The number of unbranched alkanes of at least 4 members (excludes halogenated alkanes) is 3. The highest BCUT2D eigenvalue weighted by Gasteiger charge is 2.34. The molecule has 3 amide bonds. The number of nitrogens with two attached hydrogens (primary N) is 1. The molecule has 0 bridgehead atoms. The van der Waals surface area contributed by atoms with Crippen LogP contribution in [0.5, 0.6) is 0 Å². The molecule has 0 atom stereocenters. The molecule has 7 nitrogen and oxygen atoms in total. The molecule has 30 heavy (non-hydrogen) atoms. The van der Waals surface area contributed by atoms with Crippen molar-refractivity contribution in [3.05, 3.63) is 35.4 Å². The van der Waals surface area contributed by atoms with Crippen LogP contribution in [0.25, 0.3) is 0 Å². The summed E-state index contributed by atoms with van der Waals surface area (Å²) in [5, 5.41) is 5.35. The van der Waals surface area contributed by atoms with Gasteiger partial charge in [0.1, 0.15) is 0 Å². The number of amides is 3. The minimum absolute atomic E-state index is 0. The number of rotatable bonds is 11. The highest BCUT2D eigenvalue weighted by molar-refractivity contribution is 6.21. The Morgan fingerprint density at radius 3 is 2.20 bits per heavy atom. The van der Waals surface area contributed by atoms with Gasteiger partial charge in [-0.1, -0.05) is 18.6 Å². The van der Waals surface area contributed by atoms with Crippen LogP contribution in [0.15, 0.2) is 24.3 Å². The van der Waals surface area contributed by atoms with E-state index in [1.54, 1.807) is 24.3 Å². The van der Waals surface area contributed by atoms with Crippen molar-refractivity contribution in [3.8, 4) is 0 Å². The molecule has 1 aromatic carbocycles. The molecule has 2 aliphatic heterocycles. The maximum Gasteiger partial charge on any atom is 0.261 e. The third-order valence-electron chi connectivity index (χ3n) is 5.69. The van der Waals surface area contributed by atoms with Crippen LogP contribution in [0.3, 0.4) is 0 Å². The Labute approximate surface area is 185 Å². The molecule has 166 valence electrons. The third kappa shape index (κ3) is 6.79. The van der Waals surface area contributed by atoms with Gasteiger partial charge in [-0.2, -0.15) is 0 Å². The summed E-state index contributed by atoms with van der Waals surface area (Å²) in [7, 11) is 0.